The normalized spacial score (nSPS) is 22.3. The number of rotatable bonds is 12. The maximum Gasteiger partial charge on any atom is 0.389 e. The van der Waals surface area contributed by atoms with Crippen LogP contribution in [0.5, 0.6) is 0 Å². The van der Waals surface area contributed by atoms with E-state index in [0.717, 1.165) is 18.9 Å². The first kappa shape index (κ1) is 30.9. The van der Waals surface area contributed by atoms with Crippen LogP contribution in [0.15, 0.2) is 18.2 Å². The van der Waals surface area contributed by atoms with Crippen molar-refractivity contribution in [1.29, 1.82) is 0 Å². The number of imidazole rings is 1. The molecule has 224 valence electrons. The van der Waals surface area contributed by atoms with Crippen LogP contribution in [-0.4, -0.2) is 42.2 Å². The van der Waals surface area contributed by atoms with Crippen LogP contribution in [0.25, 0.3) is 11.0 Å². The summed E-state index contributed by atoms with van der Waals surface area (Å²) >= 11 is 0. The van der Waals surface area contributed by atoms with Crippen molar-refractivity contribution >= 4 is 25.0 Å². The maximum atomic E-state index is 14.3. The lowest BCUT2D eigenvalue weighted by Crippen LogP contribution is -2.34. The first-order valence-corrected chi connectivity index (χ1v) is 17.8. The van der Waals surface area contributed by atoms with Crippen LogP contribution in [0.3, 0.4) is 0 Å². The molecular weight excluding hydrogens is 547 g/mol. The number of alkyl halides is 5. The fourth-order valence-electron chi connectivity index (χ4n) is 5.96. The van der Waals surface area contributed by atoms with Gasteiger partial charge in [0.1, 0.15) is 12.6 Å². The first-order valence-electron chi connectivity index (χ1n) is 14.1. The molecule has 1 aromatic heterocycles. The van der Waals surface area contributed by atoms with Crippen LogP contribution >= 0.6 is 0 Å². The van der Waals surface area contributed by atoms with Gasteiger partial charge in [0.2, 0.25) is 11.8 Å². The van der Waals surface area contributed by atoms with Crippen LogP contribution in [0.2, 0.25) is 25.7 Å². The molecule has 1 unspecified atom stereocenters. The molecule has 4 N–H and O–H groups in total. The van der Waals surface area contributed by atoms with Crippen molar-refractivity contribution in [3.05, 3.63) is 29.6 Å². The zero-order valence-electron chi connectivity index (χ0n) is 23.4. The highest BCUT2D eigenvalue weighted by Crippen LogP contribution is 2.50. The Hall–Kier alpha value is -2.05. The van der Waals surface area contributed by atoms with Gasteiger partial charge in [-0.3, -0.25) is 4.79 Å². The van der Waals surface area contributed by atoms with Crippen molar-refractivity contribution in [2.45, 2.75) is 101 Å². The Balaban J connectivity index is 1.72. The minimum Gasteiger partial charge on any atom is -0.369 e. The second-order valence-electron chi connectivity index (χ2n) is 12.9. The quantitative estimate of drug-likeness (QED) is 0.163. The van der Waals surface area contributed by atoms with Gasteiger partial charge in [0, 0.05) is 27.5 Å². The number of amides is 1. The van der Waals surface area contributed by atoms with Crippen molar-refractivity contribution in [3.8, 4) is 0 Å². The summed E-state index contributed by atoms with van der Waals surface area (Å²) in [6.07, 6.45) is -3.93. The van der Waals surface area contributed by atoms with Crippen LogP contribution in [-0.2, 0) is 16.3 Å². The van der Waals surface area contributed by atoms with E-state index in [1.54, 1.807) is 22.8 Å². The fraction of sp³-hybridized carbons (Fsp3) is 0.714. The van der Waals surface area contributed by atoms with Gasteiger partial charge in [-0.2, -0.15) is 13.2 Å². The number of benzene rings is 1. The maximum absolute atomic E-state index is 14.3. The lowest BCUT2D eigenvalue weighted by atomic mass is 9.79. The molecule has 6 nitrogen and oxygen atoms in total. The molecule has 2 aromatic rings. The predicted molar refractivity (Wildman–Crippen MR) is 146 cm³/mol. The van der Waals surface area contributed by atoms with Gasteiger partial charge in [-0.25, -0.2) is 13.8 Å². The van der Waals surface area contributed by atoms with E-state index < -0.39 is 56.3 Å². The fourth-order valence-corrected chi connectivity index (χ4v) is 6.72. The van der Waals surface area contributed by atoms with Crippen LogP contribution in [0, 0.1) is 17.8 Å². The number of nitrogens with zero attached hydrogens (tertiary/aromatic N) is 2. The molecule has 2 fully saturated rings. The third kappa shape index (κ3) is 7.82. The van der Waals surface area contributed by atoms with Gasteiger partial charge < -0.3 is 20.8 Å². The number of carbonyl (C=O) groups is 1. The van der Waals surface area contributed by atoms with Gasteiger partial charge >= 0.3 is 6.18 Å². The Morgan fingerprint density at radius 1 is 1.20 bits per heavy atom. The smallest absolute Gasteiger partial charge is 0.369 e. The monoisotopic (exact) mass is 588 g/mol. The van der Waals surface area contributed by atoms with E-state index in [-0.39, 0.29) is 25.5 Å². The molecule has 2 aliphatic carbocycles. The summed E-state index contributed by atoms with van der Waals surface area (Å²) in [6.45, 7) is 7.29. The molecule has 2 saturated carbocycles. The molecule has 12 heteroatoms. The lowest BCUT2D eigenvalue weighted by Gasteiger charge is -2.32. The van der Waals surface area contributed by atoms with E-state index in [4.69, 9.17) is 21.2 Å². The number of hydrogen-bond acceptors (Lipinski definition) is 4. The third-order valence-electron chi connectivity index (χ3n) is 8.27. The molecule has 1 aromatic carbocycles. The molecule has 0 saturated heterocycles. The minimum absolute atomic E-state index is 0.0761. The molecule has 2 aliphatic rings. The highest BCUT2D eigenvalue weighted by atomic mass is 28.3. The Labute approximate surface area is 233 Å². The summed E-state index contributed by atoms with van der Waals surface area (Å²) in [7, 11) is -1.38. The molecule has 1 heterocycles. The lowest BCUT2D eigenvalue weighted by molar-refractivity contribution is -0.155. The van der Waals surface area contributed by atoms with Crippen LogP contribution in [0.1, 0.15) is 68.3 Å². The first-order chi connectivity index (χ1) is 18.5. The Morgan fingerprint density at radius 2 is 1.90 bits per heavy atom. The summed E-state index contributed by atoms with van der Waals surface area (Å²) in [5.41, 5.74) is 13.8. The van der Waals surface area contributed by atoms with Gasteiger partial charge in [0.15, 0.2) is 0 Å². The van der Waals surface area contributed by atoms with E-state index in [1.165, 1.54) is 0 Å². The molecule has 0 spiro atoms. The molecule has 0 aliphatic heterocycles. The van der Waals surface area contributed by atoms with Crippen LogP contribution in [0.4, 0.5) is 22.0 Å². The van der Waals surface area contributed by atoms with Gasteiger partial charge in [-0.15, -0.1) is 0 Å². The topological polar surface area (TPSA) is 96.2 Å². The molecule has 0 bridgehead atoms. The number of ether oxygens (including phenoxy) is 1. The number of halogens is 5. The zero-order valence-corrected chi connectivity index (χ0v) is 24.4. The van der Waals surface area contributed by atoms with Crippen molar-refractivity contribution in [1.82, 2.24) is 9.55 Å². The highest BCUT2D eigenvalue weighted by molar-refractivity contribution is 6.76. The van der Waals surface area contributed by atoms with Gasteiger partial charge in [0.25, 0.3) is 0 Å². The standard InChI is InChI=1S/C28H41F5N4O2Si/c1-40(2,3)12-11-39-16-37-22-13-18(23(17-6-7-17)20(25(35)38)15-28(31,32)33)8-9-21(22)36-26(37)24(34)19-5-4-10-27(29,30)14-19/h8-9,13,17,19-20,23-24H,4-7,10-12,14-16,34H2,1-3H3,(H2,35,38)/t19-,20?,23+,24+/m1/s1. The zero-order chi connectivity index (χ0) is 29.5. The Morgan fingerprint density at radius 3 is 2.48 bits per heavy atom. The molecule has 4 atom stereocenters. The van der Waals surface area contributed by atoms with E-state index in [0.29, 0.717) is 41.9 Å². The van der Waals surface area contributed by atoms with Crippen molar-refractivity contribution in [3.63, 3.8) is 0 Å². The van der Waals surface area contributed by atoms with Crippen molar-refractivity contribution < 1.29 is 31.5 Å². The summed E-state index contributed by atoms with van der Waals surface area (Å²) in [5, 5.41) is 0. The largest absolute Gasteiger partial charge is 0.389 e. The second kappa shape index (κ2) is 11.7. The van der Waals surface area contributed by atoms with Gasteiger partial charge in [0.05, 0.1) is 29.4 Å². The van der Waals surface area contributed by atoms with Crippen molar-refractivity contribution in [2.75, 3.05) is 6.61 Å². The minimum atomic E-state index is -4.54. The summed E-state index contributed by atoms with van der Waals surface area (Å²) in [5.74, 6) is -5.95. The Kier molecular flexibility index (Phi) is 9.02. The number of primary amides is 1. The highest BCUT2D eigenvalue weighted by Gasteiger charge is 2.45. The summed E-state index contributed by atoms with van der Waals surface area (Å²) in [6, 6.07) is 5.32. The third-order valence-corrected chi connectivity index (χ3v) is 9.97. The Bertz CT molecular complexity index is 1190. The van der Waals surface area contributed by atoms with E-state index in [1.807, 2.05) is 0 Å². The summed E-state index contributed by atoms with van der Waals surface area (Å²) in [4.78, 5) is 17.0. The summed E-state index contributed by atoms with van der Waals surface area (Å²) < 4.78 is 76.6. The van der Waals surface area contributed by atoms with Crippen LogP contribution < -0.4 is 11.5 Å². The molecule has 1 amide bonds. The predicted octanol–water partition coefficient (Wildman–Crippen LogP) is 6.72. The van der Waals surface area contributed by atoms with E-state index >= 15 is 0 Å². The van der Waals surface area contributed by atoms with Gasteiger partial charge in [-0.1, -0.05) is 25.7 Å². The SMILES string of the molecule is C[Si](C)(C)CCOCn1c([C@@H](N)[C@@H]2CCCC(F)(F)C2)nc2ccc([C@H](C3CC3)C(CC(F)(F)F)C(N)=O)cc21. The average Bonchev–Trinajstić information content (AvgIpc) is 3.59. The van der Waals surface area contributed by atoms with Crippen molar-refractivity contribution in [2.24, 2.45) is 29.2 Å². The molecular formula is C28H41F5N4O2Si. The second-order valence-corrected chi connectivity index (χ2v) is 18.5. The number of hydrogen-bond donors (Lipinski definition) is 2. The van der Waals surface area contributed by atoms with Gasteiger partial charge in [-0.05, 0) is 67.2 Å². The molecule has 0 radical (unpaired) electrons. The number of fused-ring (bicyclic) bond motifs is 1. The molecule has 40 heavy (non-hydrogen) atoms. The average molecular weight is 589 g/mol. The van der Waals surface area contributed by atoms with E-state index in [9.17, 15) is 26.7 Å². The molecule has 4 rings (SSSR count). The number of nitrogens with two attached hydrogens (primary N) is 2. The van der Waals surface area contributed by atoms with E-state index in [2.05, 4.69) is 19.6 Å². The number of aromatic nitrogens is 2. The number of carbonyl (C=O) groups excluding carboxylic acids is 1.